The molecule has 1 saturated heterocycles. The van der Waals surface area contributed by atoms with Gasteiger partial charge in [0.25, 0.3) is 0 Å². The summed E-state index contributed by atoms with van der Waals surface area (Å²) in [6.45, 7) is 7.95. The van der Waals surface area contributed by atoms with E-state index in [4.69, 9.17) is 9.05 Å². The number of nitrogens with zero attached hydrogens (tertiary/aromatic N) is 5. The van der Waals surface area contributed by atoms with E-state index in [1.807, 2.05) is 13.8 Å². The van der Waals surface area contributed by atoms with Crippen LogP contribution in [0.15, 0.2) is 9.05 Å². The second-order valence-electron chi connectivity index (χ2n) is 5.64. The number of aromatic nitrogens is 4. The molecule has 0 N–H and O–H groups in total. The third-order valence-electron chi connectivity index (χ3n) is 4.32. The van der Waals surface area contributed by atoms with Crippen LogP contribution < -0.4 is 0 Å². The summed E-state index contributed by atoms with van der Waals surface area (Å²) in [6.07, 6.45) is 2.98. The molecule has 0 unspecified atom stereocenters. The lowest BCUT2D eigenvalue weighted by molar-refractivity contribution is 0.115. The molecule has 0 bridgehead atoms. The number of likely N-dealkylation sites (tertiary alicyclic amines) is 1. The van der Waals surface area contributed by atoms with Crippen molar-refractivity contribution in [1.82, 2.24) is 25.4 Å². The fourth-order valence-corrected chi connectivity index (χ4v) is 2.91. The molecule has 3 heterocycles. The number of rotatable bonds is 4. The van der Waals surface area contributed by atoms with E-state index in [0.717, 1.165) is 49.6 Å². The first-order valence-corrected chi connectivity index (χ1v) is 7.53. The Morgan fingerprint density at radius 1 is 1.29 bits per heavy atom. The van der Waals surface area contributed by atoms with Crippen LogP contribution in [0.2, 0.25) is 0 Å². The quantitative estimate of drug-likeness (QED) is 0.853. The Morgan fingerprint density at radius 3 is 2.81 bits per heavy atom. The van der Waals surface area contributed by atoms with Crippen molar-refractivity contribution in [3.05, 3.63) is 23.2 Å². The lowest BCUT2D eigenvalue weighted by Crippen LogP contribution is -2.42. The zero-order chi connectivity index (χ0) is 14.8. The molecule has 2 aromatic rings. The zero-order valence-electron chi connectivity index (χ0n) is 12.7. The normalized spacial score (nSPS) is 23.6. The average molecular weight is 291 g/mol. The minimum Gasteiger partial charge on any atom is -0.425 e. The molecule has 2 atom stereocenters. The van der Waals surface area contributed by atoms with Gasteiger partial charge in [0.2, 0.25) is 11.8 Å². The summed E-state index contributed by atoms with van der Waals surface area (Å²) in [4.78, 5) is 2.39. The Morgan fingerprint density at radius 2 is 2.14 bits per heavy atom. The van der Waals surface area contributed by atoms with Gasteiger partial charge in [-0.15, -0.1) is 10.2 Å². The van der Waals surface area contributed by atoms with Crippen LogP contribution in [0.25, 0.3) is 0 Å². The van der Waals surface area contributed by atoms with Crippen molar-refractivity contribution in [2.24, 2.45) is 0 Å². The third-order valence-corrected chi connectivity index (χ3v) is 4.32. The highest BCUT2D eigenvalue weighted by Crippen LogP contribution is 2.32. The highest BCUT2D eigenvalue weighted by molar-refractivity contribution is 5.07. The maximum absolute atomic E-state index is 5.75. The van der Waals surface area contributed by atoms with Crippen LogP contribution in [0.3, 0.4) is 0 Å². The van der Waals surface area contributed by atoms with E-state index in [9.17, 15) is 0 Å². The minimum atomic E-state index is 0.284. The lowest BCUT2D eigenvalue weighted by atomic mass is 9.90. The average Bonchev–Trinajstić information content (AvgIpc) is 3.11. The van der Waals surface area contributed by atoms with Crippen LogP contribution in [0.5, 0.6) is 0 Å². The molecule has 0 radical (unpaired) electrons. The van der Waals surface area contributed by atoms with Crippen LogP contribution in [-0.2, 0) is 13.0 Å². The van der Waals surface area contributed by atoms with E-state index in [-0.39, 0.29) is 5.92 Å². The van der Waals surface area contributed by atoms with E-state index in [2.05, 4.69) is 32.3 Å². The van der Waals surface area contributed by atoms with Gasteiger partial charge in [-0.2, -0.15) is 0 Å². The highest BCUT2D eigenvalue weighted by Gasteiger charge is 2.33. The molecule has 0 aromatic carbocycles. The predicted molar refractivity (Wildman–Crippen MR) is 74.6 cm³/mol. The Bertz CT molecular complexity index is 594. The van der Waals surface area contributed by atoms with Crippen LogP contribution in [-0.4, -0.2) is 38.0 Å². The molecule has 3 rings (SSSR count). The van der Waals surface area contributed by atoms with Gasteiger partial charge >= 0.3 is 0 Å². The van der Waals surface area contributed by atoms with Gasteiger partial charge in [0, 0.05) is 19.0 Å². The van der Waals surface area contributed by atoms with Gasteiger partial charge in [-0.25, -0.2) is 4.63 Å². The SMILES string of the molecule is CCc1nnc([C@H]2CCCN(Cc3nonc3C)[C@H]2C)o1. The first-order valence-electron chi connectivity index (χ1n) is 7.53. The molecule has 0 aliphatic carbocycles. The van der Waals surface area contributed by atoms with Gasteiger partial charge in [0.1, 0.15) is 11.4 Å². The Labute approximate surface area is 123 Å². The first kappa shape index (κ1) is 14.2. The van der Waals surface area contributed by atoms with Gasteiger partial charge in [0.15, 0.2) is 0 Å². The maximum atomic E-state index is 5.75. The van der Waals surface area contributed by atoms with Gasteiger partial charge in [-0.3, -0.25) is 4.90 Å². The lowest BCUT2D eigenvalue weighted by Gasteiger charge is -2.37. The largest absolute Gasteiger partial charge is 0.425 e. The second kappa shape index (κ2) is 5.93. The Kier molecular flexibility index (Phi) is 4.01. The fraction of sp³-hybridized carbons (Fsp3) is 0.714. The van der Waals surface area contributed by atoms with Crippen LogP contribution in [0.1, 0.15) is 55.8 Å². The monoisotopic (exact) mass is 291 g/mol. The van der Waals surface area contributed by atoms with Crippen LogP contribution in [0.4, 0.5) is 0 Å². The molecule has 0 amide bonds. The molecule has 1 aliphatic rings. The molecule has 7 heteroatoms. The van der Waals surface area contributed by atoms with Crippen molar-refractivity contribution >= 4 is 0 Å². The molecule has 0 spiro atoms. The standard InChI is InChI=1S/C14H21N5O2/c1-4-13-15-16-14(20-13)11-6-5-7-19(10(11)3)8-12-9(2)17-21-18-12/h10-11H,4-8H2,1-3H3/t10-,11-/m0/s1. The maximum Gasteiger partial charge on any atom is 0.221 e. The molecule has 1 fully saturated rings. The first-order chi connectivity index (χ1) is 10.2. The summed E-state index contributed by atoms with van der Waals surface area (Å²) in [5.41, 5.74) is 1.76. The van der Waals surface area contributed by atoms with Crippen molar-refractivity contribution in [3.8, 4) is 0 Å². The molecule has 1 aliphatic heterocycles. The van der Waals surface area contributed by atoms with E-state index < -0.39 is 0 Å². The number of piperidine rings is 1. The molecular formula is C14H21N5O2. The predicted octanol–water partition coefficient (Wildman–Crippen LogP) is 2.09. The summed E-state index contributed by atoms with van der Waals surface area (Å²) in [5.74, 6) is 1.76. The summed E-state index contributed by atoms with van der Waals surface area (Å²) >= 11 is 0. The topological polar surface area (TPSA) is 81.1 Å². The second-order valence-corrected chi connectivity index (χ2v) is 5.64. The third kappa shape index (κ3) is 2.83. The molecule has 2 aromatic heterocycles. The number of hydrogen-bond acceptors (Lipinski definition) is 7. The smallest absolute Gasteiger partial charge is 0.221 e. The molecule has 0 saturated carbocycles. The summed E-state index contributed by atoms with van der Waals surface area (Å²) in [6, 6.07) is 0.333. The van der Waals surface area contributed by atoms with E-state index in [1.165, 1.54) is 0 Å². The van der Waals surface area contributed by atoms with Crippen molar-refractivity contribution in [1.29, 1.82) is 0 Å². The number of hydrogen-bond donors (Lipinski definition) is 0. The fourth-order valence-electron chi connectivity index (χ4n) is 2.91. The van der Waals surface area contributed by atoms with E-state index >= 15 is 0 Å². The molecule has 21 heavy (non-hydrogen) atoms. The molecule has 7 nitrogen and oxygen atoms in total. The van der Waals surface area contributed by atoms with Crippen molar-refractivity contribution < 1.29 is 9.05 Å². The Hall–Kier alpha value is -1.76. The molecule has 114 valence electrons. The number of aryl methyl sites for hydroxylation is 2. The van der Waals surface area contributed by atoms with Crippen molar-refractivity contribution in [3.63, 3.8) is 0 Å². The summed E-state index contributed by atoms with van der Waals surface area (Å²) < 4.78 is 10.5. The Balaban J connectivity index is 1.74. The van der Waals surface area contributed by atoms with Gasteiger partial charge in [-0.05, 0) is 33.2 Å². The van der Waals surface area contributed by atoms with Crippen LogP contribution in [0, 0.1) is 6.92 Å². The van der Waals surface area contributed by atoms with Gasteiger partial charge < -0.3 is 4.42 Å². The molecular weight excluding hydrogens is 270 g/mol. The van der Waals surface area contributed by atoms with E-state index in [1.54, 1.807) is 0 Å². The highest BCUT2D eigenvalue weighted by atomic mass is 16.6. The van der Waals surface area contributed by atoms with Crippen molar-refractivity contribution in [2.75, 3.05) is 6.54 Å². The van der Waals surface area contributed by atoms with Crippen LogP contribution >= 0.6 is 0 Å². The summed E-state index contributed by atoms with van der Waals surface area (Å²) in [5, 5.41) is 16.1. The van der Waals surface area contributed by atoms with E-state index in [0.29, 0.717) is 11.9 Å². The zero-order valence-corrected chi connectivity index (χ0v) is 12.7. The summed E-state index contributed by atoms with van der Waals surface area (Å²) in [7, 11) is 0. The van der Waals surface area contributed by atoms with Gasteiger partial charge in [0.05, 0.1) is 5.92 Å². The minimum absolute atomic E-state index is 0.284. The van der Waals surface area contributed by atoms with Crippen molar-refractivity contribution in [2.45, 2.75) is 58.5 Å². The van der Waals surface area contributed by atoms with Gasteiger partial charge in [-0.1, -0.05) is 17.2 Å².